The largest absolute Gasteiger partial charge is 0.482 e. The molecule has 1 aromatic carbocycles. The normalized spacial score (nSPS) is 22.1. The van der Waals surface area contributed by atoms with Crippen LogP contribution in [0.3, 0.4) is 0 Å². The second kappa shape index (κ2) is 6.20. The van der Waals surface area contributed by atoms with Gasteiger partial charge in [-0.05, 0) is 36.6 Å². The number of halogens is 2. The van der Waals surface area contributed by atoms with Crippen molar-refractivity contribution >= 4 is 29.1 Å². The number of likely N-dealkylation sites (tertiary alicyclic amines) is 1. The van der Waals surface area contributed by atoms with Crippen LogP contribution in [0.5, 0.6) is 5.75 Å². The Morgan fingerprint density at radius 2 is 2.25 bits per heavy atom. The highest BCUT2D eigenvalue weighted by Crippen LogP contribution is 2.29. The first kappa shape index (κ1) is 15.4. The first-order valence-electron chi connectivity index (χ1n) is 6.49. The van der Waals surface area contributed by atoms with E-state index in [1.807, 2.05) is 0 Å². The van der Waals surface area contributed by atoms with Gasteiger partial charge in [0.1, 0.15) is 5.75 Å². The van der Waals surface area contributed by atoms with Crippen LogP contribution >= 0.6 is 23.2 Å². The van der Waals surface area contributed by atoms with Gasteiger partial charge in [-0.3, -0.25) is 4.79 Å². The number of carbonyl (C=O) groups excluding carboxylic acids is 1. The third-order valence-electron chi connectivity index (χ3n) is 3.65. The molecular formula is C14H18Cl2N2O2. The highest BCUT2D eigenvalue weighted by Gasteiger charge is 2.34. The molecule has 0 spiro atoms. The van der Waals surface area contributed by atoms with Gasteiger partial charge in [-0.25, -0.2) is 0 Å². The summed E-state index contributed by atoms with van der Waals surface area (Å²) in [5.74, 6) is 0.415. The van der Waals surface area contributed by atoms with E-state index in [0.717, 1.165) is 13.0 Å². The summed E-state index contributed by atoms with van der Waals surface area (Å²) in [7, 11) is 0. The van der Waals surface area contributed by atoms with Gasteiger partial charge in [0.2, 0.25) is 0 Å². The average Bonchev–Trinajstić information content (AvgIpc) is 2.81. The fraction of sp³-hybridized carbons (Fsp3) is 0.500. The van der Waals surface area contributed by atoms with Crippen molar-refractivity contribution in [2.45, 2.75) is 13.3 Å². The van der Waals surface area contributed by atoms with Gasteiger partial charge in [0, 0.05) is 18.1 Å². The van der Waals surface area contributed by atoms with Crippen molar-refractivity contribution in [1.82, 2.24) is 4.90 Å². The minimum Gasteiger partial charge on any atom is -0.482 e. The van der Waals surface area contributed by atoms with Crippen LogP contribution in [-0.4, -0.2) is 37.0 Å². The van der Waals surface area contributed by atoms with Crippen LogP contribution in [-0.2, 0) is 4.79 Å². The Morgan fingerprint density at radius 1 is 1.50 bits per heavy atom. The molecule has 1 amide bonds. The molecule has 0 saturated carbocycles. The first-order valence-corrected chi connectivity index (χ1v) is 7.25. The van der Waals surface area contributed by atoms with Gasteiger partial charge in [-0.2, -0.15) is 0 Å². The topological polar surface area (TPSA) is 55.6 Å². The van der Waals surface area contributed by atoms with Gasteiger partial charge in [-0.15, -0.1) is 0 Å². The Kier molecular flexibility index (Phi) is 4.78. The maximum atomic E-state index is 12.1. The third kappa shape index (κ3) is 3.57. The van der Waals surface area contributed by atoms with Gasteiger partial charge in [0.15, 0.2) is 6.61 Å². The van der Waals surface area contributed by atoms with Gasteiger partial charge in [0.05, 0.1) is 5.02 Å². The highest BCUT2D eigenvalue weighted by molar-refractivity contribution is 6.35. The number of carbonyl (C=O) groups is 1. The Hall–Kier alpha value is -0.970. The molecule has 1 atom stereocenters. The van der Waals surface area contributed by atoms with Crippen molar-refractivity contribution in [3.8, 4) is 5.75 Å². The number of nitrogens with zero attached hydrogens (tertiary/aromatic N) is 1. The van der Waals surface area contributed by atoms with Crippen LogP contribution in [0.15, 0.2) is 18.2 Å². The zero-order chi connectivity index (χ0) is 14.8. The molecule has 1 heterocycles. The fourth-order valence-corrected chi connectivity index (χ4v) is 2.69. The van der Waals surface area contributed by atoms with Crippen molar-refractivity contribution in [3.63, 3.8) is 0 Å². The van der Waals surface area contributed by atoms with Crippen molar-refractivity contribution < 1.29 is 9.53 Å². The quantitative estimate of drug-likeness (QED) is 0.928. The molecule has 0 radical (unpaired) electrons. The Morgan fingerprint density at radius 3 is 2.85 bits per heavy atom. The second-order valence-corrected chi connectivity index (χ2v) is 6.29. The van der Waals surface area contributed by atoms with Crippen LogP contribution in [0.1, 0.15) is 13.3 Å². The molecule has 0 aromatic heterocycles. The van der Waals surface area contributed by atoms with Crippen molar-refractivity contribution in [3.05, 3.63) is 28.2 Å². The van der Waals surface area contributed by atoms with Gasteiger partial charge in [-0.1, -0.05) is 30.1 Å². The van der Waals surface area contributed by atoms with Crippen molar-refractivity contribution in [2.75, 3.05) is 26.2 Å². The van der Waals surface area contributed by atoms with E-state index in [2.05, 4.69) is 6.92 Å². The SMILES string of the molecule is CC1(CN)CCN(C(=O)COc2ccc(Cl)cc2Cl)C1. The maximum absolute atomic E-state index is 12.1. The van der Waals surface area contributed by atoms with E-state index < -0.39 is 0 Å². The molecule has 1 saturated heterocycles. The zero-order valence-electron chi connectivity index (χ0n) is 11.4. The van der Waals surface area contributed by atoms with Crippen molar-refractivity contribution in [1.29, 1.82) is 0 Å². The van der Waals surface area contributed by atoms with Crippen LogP contribution in [0, 0.1) is 5.41 Å². The Labute approximate surface area is 128 Å². The summed E-state index contributed by atoms with van der Waals surface area (Å²) < 4.78 is 5.45. The molecule has 1 aromatic rings. The van der Waals surface area contributed by atoms with E-state index in [1.165, 1.54) is 0 Å². The van der Waals surface area contributed by atoms with E-state index in [1.54, 1.807) is 23.1 Å². The summed E-state index contributed by atoms with van der Waals surface area (Å²) >= 11 is 11.8. The lowest BCUT2D eigenvalue weighted by Crippen LogP contribution is -2.36. The number of hydrogen-bond donors (Lipinski definition) is 1. The number of hydrogen-bond acceptors (Lipinski definition) is 3. The van der Waals surface area contributed by atoms with Gasteiger partial charge < -0.3 is 15.4 Å². The molecule has 20 heavy (non-hydrogen) atoms. The molecule has 2 rings (SSSR count). The second-order valence-electron chi connectivity index (χ2n) is 5.44. The first-order chi connectivity index (χ1) is 9.43. The highest BCUT2D eigenvalue weighted by atomic mass is 35.5. The lowest BCUT2D eigenvalue weighted by atomic mass is 9.90. The predicted molar refractivity (Wildman–Crippen MR) is 80.3 cm³/mol. The minimum absolute atomic E-state index is 0.0214. The predicted octanol–water partition coefficient (Wildman–Crippen LogP) is 2.57. The Balaban J connectivity index is 1.90. The van der Waals surface area contributed by atoms with Gasteiger partial charge in [0.25, 0.3) is 5.91 Å². The Bertz CT molecular complexity index is 510. The van der Waals surface area contributed by atoms with Crippen LogP contribution in [0.25, 0.3) is 0 Å². The minimum atomic E-state index is -0.0480. The molecule has 0 bridgehead atoms. The molecule has 1 unspecified atom stereocenters. The zero-order valence-corrected chi connectivity index (χ0v) is 12.9. The summed E-state index contributed by atoms with van der Waals surface area (Å²) in [5.41, 5.74) is 5.75. The van der Waals surface area contributed by atoms with Crippen LogP contribution < -0.4 is 10.5 Å². The third-order valence-corrected chi connectivity index (χ3v) is 4.18. The molecule has 110 valence electrons. The lowest BCUT2D eigenvalue weighted by Gasteiger charge is -2.22. The monoisotopic (exact) mass is 316 g/mol. The molecule has 1 aliphatic heterocycles. The summed E-state index contributed by atoms with van der Waals surface area (Å²) in [5, 5.41) is 0.936. The molecule has 4 nitrogen and oxygen atoms in total. The molecule has 1 aliphatic rings. The summed E-state index contributed by atoms with van der Waals surface area (Å²) in [6.07, 6.45) is 0.928. The van der Waals surface area contributed by atoms with Crippen LogP contribution in [0.4, 0.5) is 0 Å². The summed E-state index contributed by atoms with van der Waals surface area (Å²) in [6, 6.07) is 4.92. The maximum Gasteiger partial charge on any atom is 0.260 e. The molecule has 1 fully saturated rings. The van der Waals surface area contributed by atoms with E-state index >= 15 is 0 Å². The van der Waals surface area contributed by atoms with Crippen molar-refractivity contribution in [2.24, 2.45) is 11.1 Å². The average molecular weight is 317 g/mol. The molecule has 6 heteroatoms. The molecule has 2 N–H and O–H groups in total. The standard InChI is InChI=1S/C14H18Cl2N2O2/c1-14(8-17)4-5-18(9-14)13(19)7-20-12-3-2-10(15)6-11(12)16/h2-3,6H,4-5,7-9,17H2,1H3. The molecule has 0 aliphatic carbocycles. The number of benzene rings is 1. The number of ether oxygens (including phenoxy) is 1. The smallest absolute Gasteiger partial charge is 0.260 e. The lowest BCUT2D eigenvalue weighted by molar-refractivity contribution is -0.132. The molecular weight excluding hydrogens is 299 g/mol. The van der Waals surface area contributed by atoms with E-state index in [4.69, 9.17) is 33.7 Å². The van der Waals surface area contributed by atoms with E-state index in [0.29, 0.717) is 28.9 Å². The van der Waals surface area contributed by atoms with E-state index in [-0.39, 0.29) is 17.9 Å². The summed E-state index contributed by atoms with van der Waals surface area (Å²) in [6.45, 7) is 4.06. The number of amides is 1. The number of nitrogens with two attached hydrogens (primary N) is 1. The van der Waals surface area contributed by atoms with Crippen LogP contribution in [0.2, 0.25) is 10.0 Å². The fourth-order valence-electron chi connectivity index (χ4n) is 2.23. The summed E-state index contributed by atoms with van der Waals surface area (Å²) in [4.78, 5) is 13.9. The van der Waals surface area contributed by atoms with E-state index in [9.17, 15) is 4.79 Å². The van der Waals surface area contributed by atoms with Gasteiger partial charge >= 0.3 is 0 Å². The number of rotatable bonds is 4.